The number of likely N-dealkylation sites (N-methyl/N-ethyl adjacent to an activating group) is 1. The molecule has 4 rings (SSSR count). The zero-order valence-electron chi connectivity index (χ0n) is 19.1. The largest absolute Gasteiger partial charge is 0.346 e. The van der Waals surface area contributed by atoms with Crippen LogP contribution in [0.2, 0.25) is 0 Å². The molecule has 168 valence electrons. The van der Waals surface area contributed by atoms with E-state index >= 15 is 0 Å². The van der Waals surface area contributed by atoms with Gasteiger partial charge in [0.15, 0.2) is 5.82 Å². The molecule has 0 saturated heterocycles. The molecule has 32 heavy (non-hydrogen) atoms. The van der Waals surface area contributed by atoms with Gasteiger partial charge in [0.05, 0.1) is 17.9 Å². The number of carbonyl (C=O) groups is 1. The highest BCUT2D eigenvalue weighted by Crippen LogP contribution is 2.33. The smallest absolute Gasteiger partial charge is 0.247 e. The van der Waals surface area contributed by atoms with E-state index in [1.807, 2.05) is 56.7 Å². The molecule has 2 aromatic heterocycles. The number of nitrogens with one attached hydrogen (secondary N) is 1. The number of amides is 1. The van der Waals surface area contributed by atoms with Crippen molar-refractivity contribution in [3.8, 4) is 0 Å². The third-order valence-corrected chi connectivity index (χ3v) is 6.06. The molecule has 0 saturated carbocycles. The van der Waals surface area contributed by atoms with E-state index in [0.717, 1.165) is 34.9 Å². The van der Waals surface area contributed by atoms with E-state index in [-0.39, 0.29) is 29.7 Å². The highest BCUT2D eigenvalue weighted by atomic mass is 19.1. The summed E-state index contributed by atoms with van der Waals surface area (Å²) in [5.74, 6) is 1.42. The average Bonchev–Trinajstić information content (AvgIpc) is 3.22. The van der Waals surface area contributed by atoms with Gasteiger partial charge in [0, 0.05) is 19.7 Å². The number of hydrogen-bond donors (Lipinski definition) is 1. The van der Waals surface area contributed by atoms with Gasteiger partial charge in [0.1, 0.15) is 23.4 Å². The molecule has 0 bridgehead atoms. The summed E-state index contributed by atoms with van der Waals surface area (Å²) in [7, 11) is 1.92. The number of rotatable bonds is 6. The van der Waals surface area contributed by atoms with Gasteiger partial charge >= 0.3 is 0 Å². The highest BCUT2D eigenvalue weighted by molar-refractivity contribution is 6.03. The lowest BCUT2D eigenvalue weighted by Crippen LogP contribution is -2.49. The fourth-order valence-electron chi connectivity index (χ4n) is 4.25. The molecule has 0 spiro atoms. The van der Waals surface area contributed by atoms with Gasteiger partial charge in [-0.25, -0.2) is 14.4 Å². The molecule has 0 radical (unpaired) electrons. The van der Waals surface area contributed by atoms with Crippen LogP contribution in [-0.4, -0.2) is 38.7 Å². The second-order valence-corrected chi connectivity index (χ2v) is 8.77. The number of benzene rings is 1. The molecule has 8 heteroatoms. The Bertz CT molecular complexity index is 1120. The van der Waals surface area contributed by atoms with Crippen molar-refractivity contribution in [3.63, 3.8) is 0 Å². The average molecular weight is 437 g/mol. The number of anilines is 2. The second kappa shape index (κ2) is 8.68. The van der Waals surface area contributed by atoms with Gasteiger partial charge in [-0.2, -0.15) is 5.10 Å². The summed E-state index contributed by atoms with van der Waals surface area (Å²) in [4.78, 5) is 23.9. The van der Waals surface area contributed by atoms with Crippen LogP contribution in [0.15, 0.2) is 36.7 Å². The lowest BCUT2D eigenvalue weighted by Gasteiger charge is -2.36. The Kier molecular flexibility index (Phi) is 5.95. The molecular formula is C24H29FN6O. The maximum absolute atomic E-state index is 13.2. The fraction of sp³-hybridized carbons (Fsp3) is 0.417. The number of nitrogens with zero attached hydrogens (tertiary/aromatic N) is 5. The van der Waals surface area contributed by atoms with Crippen molar-refractivity contribution in [1.29, 1.82) is 0 Å². The second-order valence-electron chi connectivity index (χ2n) is 8.77. The number of hydrogen-bond acceptors (Lipinski definition) is 5. The minimum Gasteiger partial charge on any atom is -0.346 e. The lowest BCUT2D eigenvalue weighted by molar-refractivity contribution is -0.118. The molecule has 0 aliphatic carbocycles. The Balaban J connectivity index is 1.49. The van der Waals surface area contributed by atoms with Crippen LogP contribution >= 0.6 is 0 Å². The normalized spacial score (nSPS) is 16.8. The van der Waals surface area contributed by atoms with Crippen LogP contribution in [0.25, 0.3) is 0 Å². The first kappa shape index (κ1) is 21.9. The molecule has 3 aromatic rings. The minimum absolute atomic E-state index is 0.0109. The number of carbonyl (C=O) groups excluding carboxylic acids is 1. The Hall–Kier alpha value is -3.29. The summed E-state index contributed by atoms with van der Waals surface area (Å²) in [6.45, 7) is 8.00. The molecule has 7 nitrogen and oxygen atoms in total. The van der Waals surface area contributed by atoms with Gasteiger partial charge in [-0.1, -0.05) is 26.0 Å². The third-order valence-electron chi connectivity index (χ3n) is 6.06. The Labute approximate surface area is 187 Å². The van der Waals surface area contributed by atoms with E-state index < -0.39 is 0 Å². The molecule has 1 amide bonds. The van der Waals surface area contributed by atoms with Gasteiger partial charge in [-0.05, 0) is 49.4 Å². The van der Waals surface area contributed by atoms with Gasteiger partial charge < -0.3 is 10.2 Å². The first-order chi connectivity index (χ1) is 15.2. The van der Waals surface area contributed by atoms with E-state index in [1.54, 1.807) is 12.1 Å². The van der Waals surface area contributed by atoms with Crippen molar-refractivity contribution in [3.05, 3.63) is 65.1 Å². The SMILES string of the molecule is Cc1nc(CCc2cnn([C@H](C)c3ccc(F)cc3)c2)nc2c1NC(=O)[C@H](C(C)C)N2C. The first-order valence-electron chi connectivity index (χ1n) is 10.9. The van der Waals surface area contributed by atoms with Crippen molar-refractivity contribution >= 4 is 17.4 Å². The summed E-state index contributed by atoms with van der Waals surface area (Å²) < 4.78 is 15.1. The topological polar surface area (TPSA) is 75.9 Å². The van der Waals surface area contributed by atoms with Crippen LogP contribution in [0, 0.1) is 18.7 Å². The van der Waals surface area contributed by atoms with Crippen LogP contribution in [0.3, 0.4) is 0 Å². The summed E-state index contributed by atoms with van der Waals surface area (Å²) >= 11 is 0. The Morgan fingerprint density at radius 3 is 2.53 bits per heavy atom. The molecule has 0 unspecified atom stereocenters. The summed E-state index contributed by atoms with van der Waals surface area (Å²) in [5.41, 5.74) is 3.55. The van der Waals surface area contributed by atoms with Gasteiger partial charge in [0.25, 0.3) is 0 Å². The predicted octanol–water partition coefficient (Wildman–Crippen LogP) is 3.93. The maximum Gasteiger partial charge on any atom is 0.247 e. The van der Waals surface area contributed by atoms with Crippen molar-refractivity contribution in [2.24, 2.45) is 5.92 Å². The monoisotopic (exact) mass is 436 g/mol. The van der Waals surface area contributed by atoms with E-state index in [0.29, 0.717) is 12.1 Å². The first-order valence-corrected chi connectivity index (χ1v) is 10.9. The fourth-order valence-corrected chi connectivity index (χ4v) is 4.25. The minimum atomic E-state index is -0.254. The van der Waals surface area contributed by atoms with E-state index in [1.165, 1.54) is 12.1 Å². The van der Waals surface area contributed by atoms with Gasteiger partial charge in [-0.3, -0.25) is 9.48 Å². The van der Waals surface area contributed by atoms with Crippen molar-refractivity contribution in [2.75, 3.05) is 17.3 Å². The molecular weight excluding hydrogens is 407 g/mol. The predicted molar refractivity (Wildman–Crippen MR) is 122 cm³/mol. The van der Waals surface area contributed by atoms with Gasteiger partial charge in [0.2, 0.25) is 5.91 Å². The summed E-state index contributed by atoms with van der Waals surface area (Å²) in [6, 6.07) is 6.26. The number of fused-ring (bicyclic) bond motifs is 1. The maximum atomic E-state index is 13.2. The van der Waals surface area contributed by atoms with Crippen LogP contribution in [0.5, 0.6) is 0 Å². The molecule has 1 aromatic carbocycles. The van der Waals surface area contributed by atoms with Crippen molar-refractivity contribution in [1.82, 2.24) is 19.7 Å². The molecule has 1 aliphatic heterocycles. The molecule has 3 heterocycles. The summed E-state index contributed by atoms with van der Waals surface area (Å²) in [6.07, 6.45) is 5.28. The Morgan fingerprint density at radius 1 is 1.12 bits per heavy atom. The van der Waals surface area contributed by atoms with E-state index in [4.69, 9.17) is 4.98 Å². The summed E-state index contributed by atoms with van der Waals surface area (Å²) in [5, 5.41) is 7.47. The number of aromatic nitrogens is 4. The third kappa shape index (κ3) is 4.22. The zero-order valence-corrected chi connectivity index (χ0v) is 19.1. The zero-order chi connectivity index (χ0) is 23.0. The van der Waals surface area contributed by atoms with Crippen LogP contribution < -0.4 is 10.2 Å². The Morgan fingerprint density at radius 2 is 1.84 bits per heavy atom. The van der Waals surface area contributed by atoms with E-state index in [2.05, 4.69) is 15.4 Å². The van der Waals surface area contributed by atoms with Crippen LogP contribution in [-0.2, 0) is 17.6 Å². The van der Waals surface area contributed by atoms with Crippen molar-refractivity contribution in [2.45, 2.75) is 52.6 Å². The molecule has 2 atom stereocenters. The van der Waals surface area contributed by atoms with Crippen LogP contribution in [0.1, 0.15) is 49.5 Å². The van der Waals surface area contributed by atoms with Crippen molar-refractivity contribution < 1.29 is 9.18 Å². The standard InChI is InChI=1S/C24H29FN6O/c1-14(2)22-24(32)29-21-15(3)27-20(28-23(21)30(22)5)11-6-17-12-26-31(13-17)16(4)18-7-9-19(25)10-8-18/h7-10,12-14,16,22H,6,11H2,1-5H3,(H,29,32)/t16-,22+/m1/s1. The van der Waals surface area contributed by atoms with Crippen LogP contribution in [0.4, 0.5) is 15.9 Å². The number of aryl methyl sites for hydroxylation is 3. The molecule has 1 aliphatic rings. The molecule has 1 N–H and O–H groups in total. The van der Waals surface area contributed by atoms with Gasteiger partial charge in [-0.15, -0.1) is 0 Å². The lowest BCUT2D eigenvalue weighted by atomic mass is 9.99. The number of halogens is 1. The van der Waals surface area contributed by atoms with E-state index in [9.17, 15) is 9.18 Å². The molecule has 0 fully saturated rings. The highest BCUT2D eigenvalue weighted by Gasteiger charge is 2.35. The quantitative estimate of drug-likeness (QED) is 0.634.